The van der Waals surface area contributed by atoms with Gasteiger partial charge in [-0.3, -0.25) is 9.59 Å². The molecule has 0 spiro atoms. The van der Waals surface area contributed by atoms with Gasteiger partial charge in [0.2, 0.25) is 0 Å². The molecule has 1 fully saturated rings. The zero-order valence-corrected chi connectivity index (χ0v) is 27.9. The zero-order chi connectivity index (χ0) is 31.1. The van der Waals surface area contributed by atoms with Crippen LogP contribution >= 0.6 is 0 Å². The lowest BCUT2D eigenvalue weighted by Gasteiger charge is -2.44. The van der Waals surface area contributed by atoms with Crippen molar-refractivity contribution in [2.75, 3.05) is 6.54 Å². The van der Waals surface area contributed by atoms with Crippen LogP contribution in [0.15, 0.2) is 23.8 Å². The first-order valence-electron chi connectivity index (χ1n) is 16.1. The highest BCUT2D eigenvalue weighted by Crippen LogP contribution is 2.45. The molecule has 0 radical (unpaired) electrons. The van der Waals surface area contributed by atoms with Gasteiger partial charge in [0.25, 0.3) is 0 Å². The zero-order valence-electron chi connectivity index (χ0n) is 26.9. The van der Waals surface area contributed by atoms with Crippen molar-refractivity contribution in [3.8, 4) is 0 Å². The first-order valence-corrected chi connectivity index (χ1v) is 19.0. The Morgan fingerprint density at radius 3 is 2.50 bits per heavy atom. The first-order chi connectivity index (χ1) is 19.7. The van der Waals surface area contributed by atoms with Crippen molar-refractivity contribution >= 4 is 26.3 Å². The number of cyclic esters (lactones) is 1. The number of carbonyl (C=O) groups is 3. The molecule has 2 N–H and O–H groups in total. The van der Waals surface area contributed by atoms with Gasteiger partial charge < -0.3 is 24.3 Å². The second-order valence-electron chi connectivity index (χ2n) is 14.3. The second-order valence-corrected chi connectivity index (χ2v) is 19.1. The Morgan fingerprint density at radius 1 is 1.10 bits per heavy atom. The van der Waals surface area contributed by atoms with Crippen LogP contribution in [0.3, 0.4) is 0 Å². The molecule has 2 aliphatic carbocycles. The molecule has 1 saturated heterocycles. The SMILES string of the molecule is C[C@H]1C=C2C=C[C@H](C)[C@H](CC[C@@H]3C[C@@H](O[Si](C)(C)C(C)(C)C)CC(=O)O3)[C@H]2[C@@H](OC(=O)NCCCCCCC(=O)O)C1. The Bertz CT molecular complexity index is 1000. The van der Waals surface area contributed by atoms with Gasteiger partial charge >= 0.3 is 18.0 Å². The molecule has 0 unspecified atom stereocenters. The molecule has 8 nitrogen and oxygen atoms in total. The van der Waals surface area contributed by atoms with E-state index in [0.717, 1.165) is 44.9 Å². The van der Waals surface area contributed by atoms with E-state index < -0.39 is 14.3 Å². The fourth-order valence-corrected chi connectivity index (χ4v) is 7.80. The number of ether oxygens (including phenoxy) is 2. The van der Waals surface area contributed by atoms with Crippen molar-refractivity contribution in [2.45, 2.75) is 135 Å². The van der Waals surface area contributed by atoms with Crippen LogP contribution in [-0.4, -0.2) is 56.3 Å². The van der Waals surface area contributed by atoms with Gasteiger partial charge in [-0.05, 0) is 73.6 Å². The van der Waals surface area contributed by atoms with Gasteiger partial charge in [-0.15, -0.1) is 0 Å². The van der Waals surface area contributed by atoms with E-state index in [2.05, 4.69) is 71.3 Å². The second kappa shape index (κ2) is 15.0. The summed E-state index contributed by atoms with van der Waals surface area (Å²) in [6.07, 6.45) is 12.8. The Balaban J connectivity index is 1.58. The van der Waals surface area contributed by atoms with Crippen LogP contribution in [0.1, 0.15) is 98.8 Å². The van der Waals surface area contributed by atoms with Crippen molar-refractivity contribution in [1.29, 1.82) is 0 Å². The molecule has 7 atom stereocenters. The summed E-state index contributed by atoms with van der Waals surface area (Å²) >= 11 is 0. The molecular formula is C33H55NO7Si. The molecule has 1 heterocycles. The molecule has 1 amide bonds. The standard InChI is InChI=1S/C33H55NO7Si/c1-22-18-24-14-13-23(2)27(16-15-25-20-26(21-30(37)39-25)41-42(6,7)33(3,4)5)31(24)28(19-22)40-32(38)34-17-11-9-8-10-12-29(35)36/h13-14,18,22-23,25-28,31H,8-12,15-17,19-21H2,1-7H3,(H,34,38)(H,35,36)/t22-,23-,25+,26+,27-,28-,31-/m0/s1. The van der Waals surface area contributed by atoms with E-state index in [-0.39, 0.29) is 53.7 Å². The third-order valence-corrected chi connectivity index (χ3v) is 14.3. The minimum atomic E-state index is -2.00. The van der Waals surface area contributed by atoms with E-state index in [1.807, 2.05) is 0 Å². The third-order valence-electron chi connectivity index (χ3n) is 9.75. The minimum Gasteiger partial charge on any atom is -0.481 e. The predicted octanol–water partition coefficient (Wildman–Crippen LogP) is 7.40. The topological polar surface area (TPSA) is 111 Å². The Kier molecular flexibility index (Phi) is 12.3. The summed E-state index contributed by atoms with van der Waals surface area (Å²) in [5.41, 5.74) is 1.24. The van der Waals surface area contributed by atoms with E-state index in [1.165, 1.54) is 5.57 Å². The van der Waals surface area contributed by atoms with Crippen molar-refractivity contribution in [2.24, 2.45) is 23.7 Å². The number of esters is 1. The van der Waals surface area contributed by atoms with Crippen LogP contribution in [0.25, 0.3) is 0 Å². The predicted molar refractivity (Wildman–Crippen MR) is 167 cm³/mol. The van der Waals surface area contributed by atoms with Crippen molar-refractivity contribution in [3.63, 3.8) is 0 Å². The highest BCUT2D eigenvalue weighted by atomic mass is 28.4. The number of aliphatic carboxylic acids is 1. The average molecular weight is 606 g/mol. The van der Waals surface area contributed by atoms with Gasteiger partial charge in [-0.2, -0.15) is 0 Å². The highest BCUT2D eigenvalue weighted by Gasteiger charge is 2.44. The fourth-order valence-electron chi connectivity index (χ4n) is 6.43. The normalized spacial score (nSPS) is 29.7. The number of hydrogen-bond donors (Lipinski definition) is 2. The number of carbonyl (C=O) groups excluding carboxylic acids is 2. The summed E-state index contributed by atoms with van der Waals surface area (Å²) in [7, 11) is -2.00. The van der Waals surface area contributed by atoms with Crippen LogP contribution < -0.4 is 5.32 Å². The molecule has 3 rings (SSSR count). The minimum absolute atomic E-state index is 0.0812. The molecule has 42 heavy (non-hydrogen) atoms. The van der Waals surface area contributed by atoms with Crippen LogP contribution in [0.2, 0.25) is 18.1 Å². The quantitative estimate of drug-likeness (QED) is 0.128. The summed E-state index contributed by atoms with van der Waals surface area (Å²) in [5.74, 6) is 0.0892. The molecule has 0 saturated carbocycles. The number of fused-ring (bicyclic) bond motifs is 1. The summed E-state index contributed by atoms with van der Waals surface area (Å²) < 4.78 is 18.5. The van der Waals surface area contributed by atoms with Gasteiger partial charge in [-0.25, -0.2) is 4.79 Å². The van der Waals surface area contributed by atoms with Crippen LogP contribution in [0.4, 0.5) is 4.79 Å². The summed E-state index contributed by atoms with van der Waals surface area (Å²) in [6.45, 7) is 16.0. The number of carboxylic acids is 1. The monoisotopic (exact) mass is 605 g/mol. The van der Waals surface area contributed by atoms with E-state index in [0.29, 0.717) is 31.2 Å². The number of nitrogens with one attached hydrogen (secondary N) is 1. The summed E-state index contributed by atoms with van der Waals surface area (Å²) in [6, 6.07) is 0. The smallest absolute Gasteiger partial charge is 0.407 e. The largest absolute Gasteiger partial charge is 0.481 e. The van der Waals surface area contributed by atoms with Gasteiger partial charge in [0, 0.05) is 25.3 Å². The maximum absolute atomic E-state index is 12.8. The van der Waals surface area contributed by atoms with E-state index in [4.69, 9.17) is 19.0 Å². The van der Waals surface area contributed by atoms with Crippen LogP contribution in [0, 0.1) is 23.7 Å². The lowest BCUT2D eigenvalue weighted by molar-refractivity contribution is -0.160. The number of alkyl carbamates (subject to hydrolysis) is 1. The van der Waals surface area contributed by atoms with Gasteiger partial charge in [0.15, 0.2) is 8.32 Å². The first kappa shape index (κ1) is 34.4. The molecule has 1 aliphatic heterocycles. The number of unbranched alkanes of at least 4 members (excludes halogenated alkanes) is 3. The molecule has 238 valence electrons. The van der Waals surface area contributed by atoms with Gasteiger partial charge in [0.1, 0.15) is 12.2 Å². The molecule has 9 heteroatoms. The van der Waals surface area contributed by atoms with Gasteiger partial charge in [0.05, 0.1) is 12.5 Å². The Hall–Kier alpha value is -2.13. The van der Waals surface area contributed by atoms with E-state index >= 15 is 0 Å². The van der Waals surface area contributed by atoms with Crippen LogP contribution in [0.5, 0.6) is 0 Å². The number of hydrogen-bond acceptors (Lipinski definition) is 6. The fraction of sp³-hybridized carbons (Fsp3) is 0.788. The van der Waals surface area contributed by atoms with Crippen LogP contribution in [-0.2, 0) is 23.5 Å². The highest BCUT2D eigenvalue weighted by molar-refractivity contribution is 6.74. The summed E-state index contributed by atoms with van der Waals surface area (Å²) in [5, 5.41) is 11.7. The van der Waals surface area contributed by atoms with Gasteiger partial charge in [-0.1, -0.05) is 65.7 Å². The average Bonchev–Trinajstić information content (AvgIpc) is 2.86. The molecular weight excluding hydrogens is 550 g/mol. The molecule has 0 bridgehead atoms. The number of rotatable bonds is 13. The number of allylic oxidation sites excluding steroid dienone is 3. The lowest BCUT2D eigenvalue weighted by atomic mass is 9.65. The number of amides is 1. The van der Waals surface area contributed by atoms with E-state index in [9.17, 15) is 14.4 Å². The summed E-state index contributed by atoms with van der Waals surface area (Å²) in [4.78, 5) is 36.0. The molecule has 0 aromatic heterocycles. The molecule has 0 aromatic rings. The Morgan fingerprint density at radius 2 is 1.81 bits per heavy atom. The number of carboxylic acid groups (broad SMARTS) is 1. The molecule has 3 aliphatic rings. The Labute approximate surface area is 254 Å². The third kappa shape index (κ3) is 9.96. The van der Waals surface area contributed by atoms with E-state index in [1.54, 1.807) is 0 Å². The van der Waals surface area contributed by atoms with Crippen molar-refractivity contribution < 1.29 is 33.4 Å². The maximum atomic E-state index is 12.8. The van der Waals surface area contributed by atoms with Crippen molar-refractivity contribution in [3.05, 3.63) is 23.8 Å². The van der Waals surface area contributed by atoms with Crippen molar-refractivity contribution in [1.82, 2.24) is 5.32 Å². The lowest BCUT2D eigenvalue weighted by Crippen LogP contribution is -2.47. The maximum Gasteiger partial charge on any atom is 0.407 e. The molecule has 0 aromatic carbocycles.